The molecule has 1 unspecified atom stereocenters. The molecule has 0 aromatic carbocycles. The molecule has 4 nitrogen and oxygen atoms in total. The minimum absolute atomic E-state index is 0.578. The molecule has 0 amide bonds. The Morgan fingerprint density at radius 1 is 1.71 bits per heavy atom. The van der Waals surface area contributed by atoms with Crippen LogP contribution in [-0.2, 0) is 6.54 Å². The molecule has 0 aliphatic carbocycles. The van der Waals surface area contributed by atoms with Crippen LogP contribution in [0.4, 0.5) is 0 Å². The fourth-order valence-electron chi connectivity index (χ4n) is 1.81. The largest absolute Gasteiger partial charge is 0.360 e. The van der Waals surface area contributed by atoms with Crippen molar-refractivity contribution in [3.8, 4) is 0 Å². The van der Waals surface area contributed by atoms with E-state index in [0.717, 1.165) is 37.6 Å². The van der Waals surface area contributed by atoms with Gasteiger partial charge < -0.3 is 9.84 Å². The van der Waals surface area contributed by atoms with Gasteiger partial charge in [-0.3, -0.25) is 4.90 Å². The van der Waals surface area contributed by atoms with E-state index >= 15 is 0 Å². The van der Waals surface area contributed by atoms with Gasteiger partial charge in [0.05, 0.1) is 12.2 Å². The van der Waals surface area contributed by atoms with E-state index in [1.807, 2.05) is 13.0 Å². The lowest BCUT2D eigenvalue weighted by atomic mass is 10.2. The molecule has 1 aromatic heterocycles. The molecular weight excluding hydrogens is 178 g/mol. The third-order valence-electron chi connectivity index (χ3n) is 2.67. The molecule has 0 radical (unpaired) electrons. The van der Waals surface area contributed by atoms with Gasteiger partial charge in [0.15, 0.2) is 5.76 Å². The lowest BCUT2D eigenvalue weighted by Crippen LogP contribution is -2.49. The zero-order valence-corrected chi connectivity index (χ0v) is 8.79. The molecule has 0 bridgehead atoms. The van der Waals surface area contributed by atoms with Crippen LogP contribution in [0, 0.1) is 6.92 Å². The molecule has 0 spiro atoms. The number of aromatic nitrogens is 1. The van der Waals surface area contributed by atoms with Crippen molar-refractivity contribution < 1.29 is 4.52 Å². The van der Waals surface area contributed by atoms with Crippen molar-refractivity contribution in [3.05, 3.63) is 17.5 Å². The van der Waals surface area contributed by atoms with E-state index in [4.69, 9.17) is 4.52 Å². The van der Waals surface area contributed by atoms with Gasteiger partial charge in [0.25, 0.3) is 0 Å². The van der Waals surface area contributed by atoms with Crippen molar-refractivity contribution in [2.24, 2.45) is 0 Å². The van der Waals surface area contributed by atoms with Crippen LogP contribution in [0.15, 0.2) is 10.6 Å². The smallest absolute Gasteiger partial charge is 0.150 e. The zero-order chi connectivity index (χ0) is 9.97. The number of rotatable bonds is 2. The highest BCUT2D eigenvalue weighted by Gasteiger charge is 2.19. The Hall–Kier alpha value is -0.870. The predicted octanol–water partition coefficient (Wildman–Crippen LogP) is 0.777. The molecule has 1 aliphatic heterocycles. The van der Waals surface area contributed by atoms with Gasteiger partial charge in [0, 0.05) is 31.7 Å². The molecule has 1 aromatic rings. The van der Waals surface area contributed by atoms with Gasteiger partial charge in [-0.05, 0) is 13.8 Å². The van der Waals surface area contributed by atoms with Crippen molar-refractivity contribution in [1.82, 2.24) is 15.4 Å². The Morgan fingerprint density at radius 3 is 3.21 bits per heavy atom. The van der Waals surface area contributed by atoms with Gasteiger partial charge in [-0.1, -0.05) is 5.16 Å². The molecule has 1 saturated heterocycles. The van der Waals surface area contributed by atoms with Crippen LogP contribution in [0.1, 0.15) is 18.4 Å². The Kier molecular flexibility index (Phi) is 2.84. The number of hydrogen-bond acceptors (Lipinski definition) is 4. The van der Waals surface area contributed by atoms with E-state index in [1.165, 1.54) is 0 Å². The lowest BCUT2D eigenvalue weighted by molar-refractivity contribution is 0.149. The summed E-state index contributed by atoms with van der Waals surface area (Å²) in [5.41, 5.74) is 0.961. The highest BCUT2D eigenvalue weighted by atomic mass is 16.5. The molecule has 4 heteroatoms. The summed E-state index contributed by atoms with van der Waals surface area (Å²) in [4.78, 5) is 2.41. The first-order valence-corrected chi connectivity index (χ1v) is 5.12. The van der Waals surface area contributed by atoms with E-state index in [9.17, 15) is 0 Å². The average molecular weight is 195 g/mol. The monoisotopic (exact) mass is 195 g/mol. The molecule has 78 valence electrons. The minimum Gasteiger partial charge on any atom is -0.360 e. The number of nitrogens with zero attached hydrogens (tertiary/aromatic N) is 2. The highest BCUT2D eigenvalue weighted by Crippen LogP contribution is 2.10. The van der Waals surface area contributed by atoms with E-state index in [-0.39, 0.29) is 0 Å². The number of piperazine rings is 1. The third kappa shape index (κ3) is 2.13. The molecule has 14 heavy (non-hydrogen) atoms. The average Bonchev–Trinajstić information content (AvgIpc) is 2.56. The van der Waals surface area contributed by atoms with Gasteiger partial charge >= 0.3 is 0 Å². The quantitative estimate of drug-likeness (QED) is 0.757. The van der Waals surface area contributed by atoms with Crippen molar-refractivity contribution >= 4 is 0 Å². The SMILES string of the molecule is Cc1cc(CN2CCNCC2C)on1. The standard InChI is InChI=1S/C10H17N3O/c1-8-5-10(14-12-8)7-13-4-3-11-6-9(13)2/h5,9,11H,3-4,6-7H2,1-2H3. The Balaban J connectivity index is 1.95. The van der Waals surface area contributed by atoms with Crippen molar-refractivity contribution in [2.45, 2.75) is 26.4 Å². The number of nitrogens with one attached hydrogen (secondary N) is 1. The van der Waals surface area contributed by atoms with Crippen LogP contribution < -0.4 is 5.32 Å². The van der Waals surface area contributed by atoms with Crippen LogP contribution in [0.3, 0.4) is 0 Å². The second-order valence-electron chi connectivity index (χ2n) is 3.96. The summed E-state index contributed by atoms with van der Waals surface area (Å²) >= 11 is 0. The topological polar surface area (TPSA) is 41.3 Å². The van der Waals surface area contributed by atoms with E-state index < -0.39 is 0 Å². The van der Waals surface area contributed by atoms with E-state index in [2.05, 4.69) is 22.3 Å². The van der Waals surface area contributed by atoms with Gasteiger partial charge in [-0.25, -0.2) is 0 Å². The molecule has 2 heterocycles. The van der Waals surface area contributed by atoms with Crippen LogP contribution in [-0.4, -0.2) is 35.7 Å². The number of aryl methyl sites for hydroxylation is 1. The molecule has 1 N–H and O–H groups in total. The summed E-state index contributed by atoms with van der Waals surface area (Å²) in [7, 11) is 0. The van der Waals surface area contributed by atoms with Gasteiger partial charge in [-0.15, -0.1) is 0 Å². The number of hydrogen-bond donors (Lipinski definition) is 1. The van der Waals surface area contributed by atoms with Crippen LogP contribution >= 0.6 is 0 Å². The first-order valence-electron chi connectivity index (χ1n) is 5.12. The second kappa shape index (κ2) is 4.11. The fourth-order valence-corrected chi connectivity index (χ4v) is 1.81. The van der Waals surface area contributed by atoms with Crippen molar-refractivity contribution in [3.63, 3.8) is 0 Å². The van der Waals surface area contributed by atoms with Crippen molar-refractivity contribution in [1.29, 1.82) is 0 Å². The van der Waals surface area contributed by atoms with Gasteiger partial charge in [0.2, 0.25) is 0 Å². The Labute approximate surface area is 84.3 Å². The van der Waals surface area contributed by atoms with Crippen LogP contribution in [0.5, 0.6) is 0 Å². The first-order chi connectivity index (χ1) is 6.75. The fraction of sp³-hybridized carbons (Fsp3) is 0.700. The van der Waals surface area contributed by atoms with Crippen LogP contribution in [0.25, 0.3) is 0 Å². The van der Waals surface area contributed by atoms with E-state index in [1.54, 1.807) is 0 Å². The van der Waals surface area contributed by atoms with Gasteiger partial charge in [0.1, 0.15) is 0 Å². The second-order valence-corrected chi connectivity index (χ2v) is 3.96. The normalized spacial score (nSPS) is 24.0. The predicted molar refractivity (Wildman–Crippen MR) is 54.0 cm³/mol. The molecule has 1 aliphatic rings. The summed E-state index contributed by atoms with van der Waals surface area (Å²) in [5.74, 6) is 0.969. The zero-order valence-electron chi connectivity index (χ0n) is 8.79. The molecule has 1 fully saturated rings. The highest BCUT2D eigenvalue weighted by molar-refractivity contribution is 5.03. The summed E-state index contributed by atoms with van der Waals surface area (Å²) in [6.45, 7) is 8.28. The summed E-state index contributed by atoms with van der Waals surface area (Å²) in [5, 5.41) is 7.26. The maximum atomic E-state index is 5.20. The molecule has 1 atom stereocenters. The molecule has 0 saturated carbocycles. The lowest BCUT2D eigenvalue weighted by Gasteiger charge is -2.32. The summed E-state index contributed by atoms with van der Waals surface area (Å²) in [6, 6.07) is 2.59. The van der Waals surface area contributed by atoms with Crippen LogP contribution in [0.2, 0.25) is 0 Å². The first kappa shape index (κ1) is 9.68. The summed E-state index contributed by atoms with van der Waals surface area (Å²) < 4.78 is 5.20. The third-order valence-corrected chi connectivity index (χ3v) is 2.67. The minimum atomic E-state index is 0.578. The Bertz CT molecular complexity index is 297. The molecular formula is C10H17N3O. The maximum absolute atomic E-state index is 5.20. The maximum Gasteiger partial charge on any atom is 0.150 e. The van der Waals surface area contributed by atoms with E-state index in [0.29, 0.717) is 6.04 Å². The Morgan fingerprint density at radius 2 is 2.57 bits per heavy atom. The molecule has 2 rings (SSSR count). The van der Waals surface area contributed by atoms with Crippen molar-refractivity contribution in [2.75, 3.05) is 19.6 Å². The summed E-state index contributed by atoms with van der Waals surface area (Å²) in [6.07, 6.45) is 0. The van der Waals surface area contributed by atoms with Gasteiger partial charge in [-0.2, -0.15) is 0 Å².